The lowest BCUT2D eigenvalue weighted by atomic mass is 10.3. The fraction of sp³-hybridized carbons (Fsp3) is 0.636. The number of nitrogens with one attached hydrogen (secondary N) is 2. The summed E-state index contributed by atoms with van der Waals surface area (Å²) in [6, 6.07) is -0.734. The molecule has 1 atom stereocenters. The molecule has 20 heavy (non-hydrogen) atoms. The summed E-state index contributed by atoms with van der Waals surface area (Å²) in [6.07, 6.45) is 3.67. The molecule has 9 heteroatoms. The summed E-state index contributed by atoms with van der Waals surface area (Å²) in [7, 11) is -1.39. The van der Waals surface area contributed by atoms with E-state index in [1.807, 2.05) is 0 Å². The molecular weight excluding hydrogens is 284 g/mol. The molecule has 0 radical (unpaired) electrons. The molecule has 2 heterocycles. The van der Waals surface area contributed by atoms with Crippen molar-refractivity contribution in [3.8, 4) is 0 Å². The number of amides is 2. The average Bonchev–Trinajstić information content (AvgIpc) is 2.93. The van der Waals surface area contributed by atoms with Crippen LogP contribution in [-0.2, 0) is 21.1 Å². The molecule has 1 fully saturated rings. The fourth-order valence-electron chi connectivity index (χ4n) is 2.00. The molecule has 112 valence electrons. The van der Waals surface area contributed by atoms with Gasteiger partial charge in [0.05, 0.1) is 36.5 Å². The Morgan fingerprint density at radius 3 is 3.05 bits per heavy atom. The van der Waals surface area contributed by atoms with Gasteiger partial charge in [-0.2, -0.15) is 5.10 Å². The van der Waals surface area contributed by atoms with Gasteiger partial charge >= 0.3 is 6.03 Å². The van der Waals surface area contributed by atoms with Crippen LogP contribution in [0.2, 0.25) is 0 Å². The highest BCUT2D eigenvalue weighted by Gasteiger charge is 2.28. The average molecular weight is 302 g/mol. The van der Waals surface area contributed by atoms with Crippen molar-refractivity contribution in [2.24, 2.45) is 0 Å². The first-order valence-corrected chi connectivity index (χ1v) is 8.10. The van der Waals surface area contributed by atoms with Crippen molar-refractivity contribution in [2.45, 2.75) is 19.0 Å². The Balaban J connectivity index is 1.81. The van der Waals surface area contributed by atoms with Crippen LogP contribution < -0.4 is 10.6 Å². The molecule has 1 aliphatic heterocycles. The van der Waals surface area contributed by atoms with E-state index in [0.717, 1.165) is 0 Å². The molecule has 1 saturated heterocycles. The molecule has 0 unspecified atom stereocenters. The molecule has 1 aromatic rings. The van der Waals surface area contributed by atoms with Gasteiger partial charge in [-0.05, 0) is 6.42 Å². The minimum atomic E-state index is -2.99. The van der Waals surface area contributed by atoms with E-state index in [4.69, 9.17) is 4.74 Å². The third-order valence-corrected chi connectivity index (χ3v) is 4.75. The Hall–Kier alpha value is -1.61. The number of sulfone groups is 1. The van der Waals surface area contributed by atoms with E-state index < -0.39 is 15.9 Å². The number of aromatic nitrogens is 2. The van der Waals surface area contributed by atoms with Crippen molar-refractivity contribution in [1.29, 1.82) is 0 Å². The molecule has 0 spiro atoms. The number of rotatable bonds is 5. The van der Waals surface area contributed by atoms with Gasteiger partial charge in [-0.25, -0.2) is 13.2 Å². The van der Waals surface area contributed by atoms with E-state index in [1.165, 1.54) is 6.20 Å². The number of methoxy groups -OCH3 is 1. The molecule has 2 rings (SSSR count). The number of ether oxygens (including phenoxy) is 1. The standard InChI is InChI=1S/C11H18N4O4S/c1-19-4-3-15-7-10(6-12-15)14-11(16)13-9-2-5-20(17,18)8-9/h6-7,9H,2-5,8H2,1H3,(H2,13,14,16)/t9-/m0/s1. The van der Waals surface area contributed by atoms with Gasteiger partial charge in [0, 0.05) is 19.3 Å². The molecule has 1 aliphatic rings. The van der Waals surface area contributed by atoms with Crippen molar-refractivity contribution >= 4 is 21.6 Å². The van der Waals surface area contributed by atoms with Crippen LogP contribution in [0.15, 0.2) is 12.4 Å². The van der Waals surface area contributed by atoms with Crippen LogP contribution in [0.25, 0.3) is 0 Å². The first kappa shape index (κ1) is 14.8. The fourth-order valence-corrected chi connectivity index (χ4v) is 3.67. The van der Waals surface area contributed by atoms with Gasteiger partial charge in [0.1, 0.15) is 0 Å². The Kier molecular flexibility index (Phi) is 4.61. The molecule has 0 aromatic carbocycles. The summed E-state index contributed by atoms with van der Waals surface area (Å²) in [5.41, 5.74) is 0.555. The summed E-state index contributed by atoms with van der Waals surface area (Å²) in [5.74, 6) is 0.139. The SMILES string of the molecule is COCCn1cc(NC(=O)N[C@H]2CCS(=O)(=O)C2)cn1. The van der Waals surface area contributed by atoms with Crippen molar-refractivity contribution in [1.82, 2.24) is 15.1 Å². The highest BCUT2D eigenvalue weighted by molar-refractivity contribution is 7.91. The van der Waals surface area contributed by atoms with E-state index in [9.17, 15) is 13.2 Å². The van der Waals surface area contributed by atoms with Crippen molar-refractivity contribution in [3.63, 3.8) is 0 Å². The van der Waals surface area contributed by atoms with Gasteiger partial charge in [0.2, 0.25) is 0 Å². The molecule has 8 nitrogen and oxygen atoms in total. The monoisotopic (exact) mass is 302 g/mol. The van der Waals surface area contributed by atoms with Gasteiger partial charge in [-0.3, -0.25) is 4.68 Å². The maximum Gasteiger partial charge on any atom is 0.319 e. The topological polar surface area (TPSA) is 102 Å². The second-order valence-corrected chi connectivity index (χ2v) is 6.91. The summed E-state index contributed by atoms with van der Waals surface area (Å²) < 4.78 is 29.2. The molecule has 0 bridgehead atoms. The largest absolute Gasteiger partial charge is 0.383 e. The number of anilines is 1. The highest BCUT2D eigenvalue weighted by Crippen LogP contribution is 2.11. The van der Waals surface area contributed by atoms with E-state index in [1.54, 1.807) is 18.0 Å². The Morgan fingerprint density at radius 1 is 1.60 bits per heavy atom. The molecular formula is C11H18N4O4S. The van der Waals surface area contributed by atoms with E-state index in [2.05, 4.69) is 15.7 Å². The smallest absolute Gasteiger partial charge is 0.319 e. The van der Waals surface area contributed by atoms with Crippen molar-refractivity contribution in [3.05, 3.63) is 12.4 Å². The Bertz CT molecular complexity index is 569. The lowest BCUT2D eigenvalue weighted by Gasteiger charge is -2.10. The van der Waals surface area contributed by atoms with Gasteiger partial charge in [-0.1, -0.05) is 0 Å². The van der Waals surface area contributed by atoms with Crippen LogP contribution in [-0.4, -0.2) is 55.5 Å². The quantitative estimate of drug-likeness (QED) is 0.786. The number of carbonyl (C=O) groups is 1. The predicted molar refractivity (Wildman–Crippen MR) is 73.3 cm³/mol. The van der Waals surface area contributed by atoms with Gasteiger partial charge in [0.15, 0.2) is 9.84 Å². The second kappa shape index (κ2) is 6.23. The zero-order valence-electron chi connectivity index (χ0n) is 11.2. The van der Waals surface area contributed by atoms with Crippen LogP contribution in [0, 0.1) is 0 Å². The summed E-state index contributed by atoms with van der Waals surface area (Å²) >= 11 is 0. The third kappa shape index (κ3) is 4.20. The van der Waals surface area contributed by atoms with E-state index in [-0.39, 0.29) is 17.5 Å². The third-order valence-electron chi connectivity index (χ3n) is 2.98. The van der Waals surface area contributed by atoms with Crippen molar-refractivity contribution in [2.75, 3.05) is 30.5 Å². The lowest BCUT2D eigenvalue weighted by molar-refractivity contribution is 0.183. The van der Waals surface area contributed by atoms with Crippen LogP contribution in [0.3, 0.4) is 0 Å². The van der Waals surface area contributed by atoms with Crippen LogP contribution >= 0.6 is 0 Å². The summed E-state index contributed by atoms with van der Waals surface area (Å²) in [6.45, 7) is 1.13. The van der Waals surface area contributed by atoms with Crippen LogP contribution in [0.1, 0.15) is 6.42 Å². The zero-order chi connectivity index (χ0) is 14.6. The number of hydrogen-bond donors (Lipinski definition) is 2. The molecule has 2 N–H and O–H groups in total. The number of nitrogens with zero attached hydrogens (tertiary/aromatic N) is 2. The van der Waals surface area contributed by atoms with Gasteiger partial charge < -0.3 is 15.4 Å². The molecule has 1 aromatic heterocycles. The van der Waals surface area contributed by atoms with Gasteiger partial charge in [0.25, 0.3) is 0 Å². The highest BCUT2D eigenvalue weighted by atomic mass is 32.2. The first-order chi connectivity index (χ1) is 9.48. The lowest BCUT2D eigenvalue weighted by Crippen LogP contribution is -2.38. The second-order valence-electron chi connectivity index (χ2n) is 4.68. The zero-order valence-corrected chi connectivity index (χ0v) is 12.0. The van der Waals surface area contributed by atoms with Crippen LogP contribution in [0.5, 0.6) is 0 Å². The first-order valence-electron chi connectivity index (χ1n) is 6.28. The Labute approximate surface area is 117 Å². The minimum absolute atomic E-state index is 0.00746. The normalized spacial score (nSPS) is 20.8. The minimum Gasteiger partial charge on any atom is -0.383 e. The predicted octanol–water partition coefficient (Wildman–Crippen LogP) is -0.162. The number of carbonyl (C=O) groups excluding carboxylic acids is 1. The van der Waals surface area contributed by atoms with E-state index >= 15 is 0 Å². The number of hydrogen-bond acceptors (Lipinski definition) is 5. The number of urea groups is 1. The van der Waals surface area contributed by atoms with Crippen LogP contribution in [0.4, 0.5) is 10.5 Å². The van der Waals surface area contributed by atoms with E-state index in [0.29, 0.717) is 25.3 Å². The molecule has 2 amide bonds. The summed E-state index contributed by atoms with van der Waals surface area (Å²) in [4.78, 5) is 11.7. The Morgan fingerprint density at radius 2 is 2.40 bits per heavy atom. The maximum atomic E-state index is 11.7. The maximum absolute atomic E-state index is 11.7. The summed E-state index contributed by atoms with van der Waals surface area (Å²) in [5, 5.41) is 9.33. The van der Waals surface area contributed by atoms with Crippen molar-refractivity contribution < 1.29 is 17.9 Å². The van der Waals surface area contributed by atoms with Gasteiger partial charge in [-0.15, -0.1) is 0 Å². The molecule has 0 aliphatic carbocycles. The molecule has 0 saturated carbocycles.